The van der Waals surface area contributed by atoms with Crippen LogP contribution in [0.4, 0.5) is 11.5 Å². The number of nitrogens with one attached hydrogen (secondary N) is 2. The Morgan fingerprint density at radius 1 is 1.16 bits per heavy atom. The molecule has 0 radical (unpaired) electrons. The Morgan fingerprint density at radius 2 is 1.94 bits per heavy atom. The molecule has 0 spiro atoms. The molecule has 8 nitrogen and oxygen atoms in total. The summed E-state index contributed by atoms with van der Waals surface area (Å²) in [4.78, 5) is 26.2. The summed E-state index contributed by atoms with van der Waals surface area (Å²) in [6.07, 6.45) is 4.00. The summed E-state index contributed by atoms with van der Waals surface area (Å²) < 4.78 is 0. The Balaban J connectivity index is 0.00000181. The number of anilines is 2. The molecule has 32 heavy (non-hydrogen) atoms. The minimum Gasteiger partial charge on any atom is -0.370 e. The van der Waals surface area contributed by atoms with Crippen LogP contribution >= 0.6 is 36.2 Å². The molecule has 1 aliphatic rings. The number of hydrogen-bond donors (Lipinski definition) is 4. The van der Waals surface area contributed by atoms with Crippen molar-refractivity contribution in [3.05, 3.63) is 46.4 Å². The fourth-order valence-corrected chi connectivity index (χ4v) is 4.37. The number of aromatic nitrogens is 2. The van der Waals surface area contributed by atoms with Crippen LogP contribution in [0.5, 0.6) is 0 Å². The second kappa shape index (κ2) is 11.3. The number of guanidine groups is 1. The number of nitrogens with two attached hydrogens (primary N) is 2. The van der Waals surface area contributed by atoms with Crippen LogP contribution in [-0.2, 0) is 0 Å². The Bertz CT molecular complexity index is 1090. The van der Waals surface area contributed by atoms with Gasteiger partial charge in [-0.1, -0.05) is 24.5 Å². The molecule has 0 bridgehead atoms. The monoisotopic (exact) mass is 495 g/mol. The van der Waals surface area contributed by atoms with Crippen LogP contribution in [0.3, 0.4) is 0 Å². The van der Waals surface area contributed by atoms with Crippen molar-refractivity contribution in [3.8, 4) is 0 Å². The van der Waals surface area contributed by atoms with Gasteiger partial charge >= 0.3 is 0 Å². The third kappa shape index (κ3) is 5.99. The minimum absolute atomic E-state index is 0. The van der Waals surface area contributed by atoms with E-state index in [4.69, 9.17) is 11.5 Å². The summed E-state index contributed by atoms with van der Waals surface area (Å²) >= 11 is 1.51. The lowest BCUT2D eigenvalue weighted by atomic mass is 9.90. The van der Waals surface area contributed by atoms with Crippen LogP contribution in [0.1, 0.15) is 41.9 Å². The predicted octanol–water partition coefficient (Wildman–Crippen LogP) is 4.09. The van der Waals surface area contributed by atoms with Crippen molar-refractivity contribution < 1.29 is 4.79 Å². The number of hydrogen-bond acceptors (Lipinski definition) is 6. The molecule has 1 aromatic carbocycles. The Labute approximate surface area is 203 Å². The van der Waals surface area contributed by atoms with Crippen molar-refractivity contribution in [1.29, 1.82) is 0 Å². The number of thiophene rings is 1. The molecule has 6 N–H and O–H groups in total. The van der Waals surface area contributed by atoms with Crippen LogP contribution < -0.4 is 22.1 Å². The summed E-state index contributed by atoms with van der Waals surface area (Å²) in [7, 11) is 0. The van der Waals surface area contributed by atoms with Crippen LogP contribution in [0.2, 0.25) is 0 Å². The summed E-state index contributed by atoms with van der Waals surface area (Å²) in [5.41, 5.74) is 13.8. The van der Waals surface area contributed by atoms with Gasteiger partial charge in [0.2, 0.25) is 5.82 Å². The van der Waals surface area contributed by atoms with E-state index in [0.29, 0.717) is 11.3 Å². The molecule has 1 fully saturated rings. The molecule has 0 aliphatic heterocycles. The average molecular weight is 496 g/mol. The first-order valence-corrected chi connectivity index (χ1v) is 10.9. The Morgan fingerprint density at radius 3 is 2.66 bits per heavy atom. The first-order chi connectivity index (χ1) is 14.5. The fourth-order valence-electron chi connectivity index (χ4n) is 3.78. The van der Waals surface area contributed by atoms with Crippen molar-refractivity contribution in [2.24, 2.45) is 16.5 Å². The SMILES string of the molecule is Cc1ccc2nc(C(=O)Nc3ccsc3)nc(N[C@H]3CCCC[C@H]3N=C(N)N)c2c1.Cl.Cl. The van der Waals surface area contributed by atoms with E-state index in [-0.39, 0.29) is 54.6 Å². The van der Waals surface area contributed by atoms with Gasteiger partial charge in [-0.15, -0.1) is 24.8 Å². The molecule has 1 amide bonds. The summed E-state index contributed by atoms with van der Waals surface area (Å²) in [5, 5.41) is 11.0. The first kappa shape index (κ1) is 25.6. The van der Waals surface area contributed by atoms with Crippen LogP contribution in [0.15, 0.2) is 40.0 Å². The van der Waals surface area contributed by atoms with E-state index in [1.807, 2.05) is 41.9 Å². The lowest BCUT2D eigenvalue weighted by Crippen LogP contribution is -2.38. The average Bonchev–Trinajstić information content (AvgIpc) is 3.22. The zero-order valence-corrected chi connectivity index (χ0v) is 20.0. The Hall–Kier alpha value is -2.62. The second-order valence-corrected chi connectivity index (χ2v) is 8.32. The van der Waals surface area contributed by atoms with Crippen molar-refractivity contribution in [2.45, 2.75) is 44.7 Å². The van der Waals surface area contributed by atoms with E-state index >= 15 is 0 Å². The van der Waals surface area contributed by atoms with Crippen LogP contribution in [0, 0.1) is 6.92 Å². The molecule has 0 saturated heterocycles. The van der Waals surface area contributed by atoms with E-state index < -0.39 is 0 Å². The normalized spacial score (nSPS) is 17.5. The van der Waals surface area contributed by atoms with Crippen molar-refractivity contribution >= 4 is 70.4 Å². The number of nitrogens with zero attached hydrogens (tertiary/aromatic N) is 3. The lowest BCUT2D eigenvalue weighted by molar-refractivity contribution is 0.101. The number of benzene rings is 1. The molecule has 4 rings (SSSR count). The van der Waals surface area contributed by atoms with Crippen molar-refractivity contribution in [3.63, 3.8) is 0 Å². The van der Waals surface area contributed by atoms with Gasteiger partial charge in [-0.05, 0) is 43.3 Å². The highest BCUT2D eigenvalue weighted by molar-refractivity contribution is 7.08. The van der Waals surface area contributed by atoms with Gasteiger partial charge < -0.3 is 22.1 Å². The van der Waals surface area contributed by atoms with E-state index in [2.05, 4.69) is 25.6 Å². The van der Waals surface area contributed by atoms with Gasteiger partial charge in [0.05, 0.1) is 23.3 Å². The number of carbonyl (C=O) groups is 1. The fraction of sp³-hybridized carbons (Fsp3) is 0.333. The number of rotatable bonds is 5. The summed E-state index contributed by atoms with van der Waals surface area (Å²) in [5.74, 6) is 0.493. The van der Waals surface area contributed by atoms with Gasteiger partial charge in [0.25, 0.3) is 5.91 Å². The number of carbonyl (C=O) groups excluding carboxylic acids is 1. The van der Waals surface area contributed by atoms with Gasteiger partial charge in [-0.25, -0.2) is 15.0 Å². The largest absolute Gasteiger partial charge is 0.370 e. The van der Waals surface area contributed by atoms with Crippen LogP contribution in [-0.4, -0.2) is 33.9 Å². The molecule has 11 heteroatoms. The topological polar surface area (TPSA) is 131 Å². The number of fused-ring (bicyclic) bond motifs is 1. The highest BCUT2D eigenvalue weighted by atomic mass is 35.5. The van der Waals surface area contributed by atoms with Gasteiger partial charge in [0.15, 0.2) is 5.96 Å². The molecule has 1 saturated carbocycles. The molecule has 2 heterocycles. The Kier molecular flexibility index (Phi) is 9.06. The zero-order valence-electron chi connectivity index (χ0n) is 17.6. The molecule has 0 unspecified atom stereocenters. The first-order valence-electron chi connectivity index (χ1n) is 9.97. The summed E-state index contributed by atoms with van der Waals surface area (Å²) in [6, 6.07) is 7.76. The quantitative estimate of drug-likeness (QED) is 0.311. The smallest absolute Gasteiger partial charge is 0.293 e. The van der Waals surface area contributed by atoms with Crippen LogP contribution in [0.25, 0.3) is 10.9 Å². The van der Waals surface area contributed by atoms with Gasteiger partial charge in [-0.2, -0.15) is 11.3 Å². The van der Waals surface area contributed by atoms with Gasteiger partial charge in [0.1, 0.15) is 5.82 Å². The zero-order chi connectivity index (χ0) is 21.1. The van der Waals surface area contributed by atoms with E-state index in [0.717, 1.165) is 42.3 Å². The van der Waals surface area contributed by atoms with E-state index in [1.54, 1.807) is 0 Å². The molecule has 2 atom stereocenters. The molecule has 172 valence electrons. The number of aryl methyl sites for hydroxylation is 1. The molecule has 2 aromatic heterocycles. The minimum atomic E-state index is -0.344. The number of amides is 1. The third-order valence-corrected chi connectivity index (χ3v) is 5.88. The maximum absolute atomic E-state index is 12.8. The third-order valence-electron chi connectivity index (χ3n) is 5.20. The maximum atomic E-state index is 12.8. The molecular formula is C21H27Cl2N7OS. The van der Waals surface area contributed by atoms with Gasteiger partial charge in [0, 0.05) is 10.8 Å². The van der Waals surface area contributed by atoms with E-state index in [9.17, 15) is 4.79 Å². The summed E-state index contributed by atoms with van der Waals surface area (Å²) in [6.45, 7) is 2.02. The van der Waals surface area contributed by atoms with Crippen molar-refractivity contribution in [1.82, 2.24) is 9.97 Å². The molecule has 3 aromatic rings. The maximum Gasteiger partial charge on any atom is 0.293 e. The van der Waals surface area contributed by atoms with Gasteiger partial charge in [-0.3, -0.25) is 4.79 Å². The van der Waals surface area contributed by atoms with E-state index in [1.165, 1.54) is 11.3 Å². The van der Waals surface area contributed by atoms with Crippen molar-refractivity contribution in [2.75, 3.05) is 10.6 Å². The standard InChI is InChI=1S/C21H25N7OS.2ClH/c1-12-6-7-15-14(10-12)18(26-16-4-2-3-5-17(16)27-21(22)23)28-19(25-15)20(29)24-13-8-9-30-11-13;;/h6-11,16-17H,2-5H2,1H3,(H,24,29)(H4,22,23,27)(H,25,26,28);2*1H/t16-,17+;;/m0../s1. The highest BCUT2D eigenvalue weighted by Gasteiger charge is 2.26. The highest BCUT2D eigenvalue weighted by Crippen LogP contribution is 2.28. The number of aliphatic imine (C=N–C) groups is 1. The number of halogens is 2. The second-order valence-electron chi connectivity index (χ2n) is 7.54. The lowest BCUT2D eigenvalue weighted by Gasteiger charge is -2.30. The molecule has 1 aliphatic carbocycles. The predicted molar refractivity (Wildman–Crippen MR) is 137 cm³/mol. The molecular weight excluding hydrogens is 469 g/mol.